The normalized spacial score (nSPS) is 22.7. The number of cyclic esters (lactones) is 1. The first-order chi connectivity index (χ1) is 31.2. The monoisotopic (exact) mass is 907 g/mol. The van der Waals surface area contributed by atoms with E-state index in [0.717, 1.165) is 55.0 Å². The van der Waals surface area contributed by atoms with Crippen LogP contribution in [0, 0.1) is 11.3 Å². The number of esters is 1. The highest BCUT2D eigenvalue weighted by molar-refractivity contribution is 5.97. The molecule has 0 unspecified atom stereocenters. The van der Waals surface area contributed by atoms with Crippen LogP contribution in [-0.2, 0) is 59.9 Å². The van der Waals surface area contributed by atoms with Gasteiger partial charge < -0.3 is 44.5 Å². The highest BCUT2D eigenvalue weighted by atomic mass is 16.6. The maximum Gasteiger partial charge on any atom is 0.355 e. The van der Waals surface area contributed by atoms with Crippen LogP contribution in [0.25, 0.3) is 33.3 Å². The number of hydrogen-bond acceptors (Lipinski definition) is 12. The Bertz CT molecular complexity index is 2570. The Morgan fingerprint density at radius 3 is 2.56 bits per heavy atom. The molecular formula is C49H61N7O10. The number of benzene rings is 2. The first kappa shape index (κ1) is 47.8. The van der Waals surface area contributed by atoms with Crippen LogP contribution in [0.15, 0.2) is 67.4 Å². The van der Waals surface area contributed by atoms with Gasteiger partial charge in [0.25, 0.3) is 11.8 Å². The molecule has 17 nitrogen and oxygen atoms in total. The number of amides is 4. The summed E-state index contributed by atoms with van der Waals surface area (Å²) in [6.07, 6.45) is 3.19. The number of aromatic nitrogens is 2. The van der Waals surface area contributed by atoms with Crippen molar-refractivity contribution < 1.29 is 48.8 Å². The largest absolute Gasteiger partial charge is 0.508 e. The van der Waals surface area contributed by atoms with E-state index in [2.05, 4.69) is 26.9 Å². The second-order valence-electron chi connectivity index (χ2n) is 19.0. The summed E-state index contributed by atoms with van der Waals surface area (Å²) in [7, 11) is 4.99. The highest BCUT2D eigenvalue weighted by Crippen LogP contribution is 2.41. The molecular weight excluding hydrogens is 847 g/mol. The number of phenolic OH excluding ortho intramolecular Hbond substituents is 1. The zero-order valence-electron chi connectivity index (χ0n) is 38.7. The Labute approximate surface area is 384 Å². The molecule has 2 aromatic carbocycles. The van der Waals surface area contributed by atoms with Gasteiger partial charge in [-0.3, -0.25) is 29.2 Å². The summed E-state index contributed by atoms with van der Waals surface area (Å²) in [5.41, 5.74) is 4.05. The lowest BCUT2D eigenvalue weighted by atomic mass is 9.84. The number of carbonyl (C=O) groups excluding carboxylic acids is 5. The molecule has 2 saturated heterocycles. The molecule has 5 N–H and O–H groups in total. The Morgan fingerprint density at radius 2 is 1.85 bits per heavy atom. The summed E-state index contributed by atoms with van der Waals surface area (Å²) < 4.78 is 13.6. The summed E-state index contributed by atoms with van der Waals surface area (Å²) >= 11 is 0. The van der Waals surface area contributed by atoms with E-state index >= 15 is 0 Å². The average Bonchev–Trinajstić information content (AvgIpc) is 3.81. The molecule has 4 amide bonds. The Balaban J connectivity index is 1.31. The van der Waals surface area contributed by atoms with E-state index in [9.17, 15) is 39.3 Å². The van der Waals surface area contributed by atoms with Crippen molar-refractivity contribution >= 4 is 40.5 Å². The number of likely N-dealkylation sites (N-methyl/N-ethyl adjacent to an activating group) is 1. The van der Waals surface area contributed by atoms with Crippen molar-refractivity contribution in [1.29, 1.82) is 0 Å². The standard InChI is InChI=1S/C49H61N7O10/c1-9-40(58)55-19-16-48(63,27-55)45(61)54(7)41(29(2)3)43(59)51-37-22-30-20-32(23-33(57)21-30)31-13-14-39-35(24-31)36(42(53(39)6)34-12-10-17-50-38(34)26-65-8)25-47(4,5)28-66-46(62)49(64)15-11-18-56(52-49)44(37)60/h9-10,12-14,17,20-21,23-24,29,37,41,52,57,63-64H,1,11,15-16,18-19,22,25-28H2,2-8H3,(H,51,59)/t37-,41-,48+,49-/m0/s1. The number of aromatic hydroxyl groups is 1. The summed E-state index contributed by atoms with van der Waals surface area (Å²) in [4.78, 5) is 76.5. The van der Waals surface area contributed by atoms with Crippen LogP contribution in [0.4, 0.5) is 0 Å². The molecule has 4 aromatic rings. The predicted octanol–water partition coefficient (Wildman–Crippen LogP) is 3.36. The zero-order valence-corrected chi connectivity index (χ0v) is 38.7. The van der Waals surface area contributed by atoms with Gasteiger partial charge in [0.2, 0.25) is 17.5 Å². The number of nitrogens with one attached hydrogen (secondary N) is 2. The summed E-state index contributed by atoms with van der Waals surface area (Å²) in [6.45, 7) is 11.0. The van der Waals surface area contributed by atoms with Gasteiger partial charge in [-0.25, -0.2) is 4.79 Å². The van der Waals surface area contributed by atoms with E-state index in [1.54, 1.807) is 33.2 Å². The van der Waals surface area contributed by atoms with Crippen LogP contribution in [0.5, 0.6) is 5.75 Å². The number of ether oxygens (including phenoxy) is 2. The van der Waals surface area contributed by atoms with Crippen molar-refractivity contribution in [3.8, 4) is 28.1 Å². The van der Waals surface area contributed by atoms with Crippen LogP contribution in [0.2, 0.25) is 0 Å². The molecule has 3 aliphatic heterocycles. The maximum absolute atomic E-state index is 14.7. The lowest BCUT2D eigenvalue weighted by Crippen LogP contribution is -2.67. The van der Waals surface area contributed by atoms with Crippen molar-refractivity contribution in [3.05, 3.63) is 84.2 Å². The van der Waals surface area contributed by atoms with Gasteiger partial charge in [-0.2, -0.15) is 5.43 Å². The minimum absolute atomic E-state index is 0.0495. The quantitative estimate of drug-likeness (QED) is 0.121. The van der Waals surface area contributed by atoms with Crippen LogP contribution in [-0.4, -0.2) is 133 Å². The van der Waals surface area contributed by atoms with E-state index in [4.69, 9.17) is 9.47 Å². The fourth-order valence-electron chi connectivity index (χ4n) is 9.68. The van der Waals surface area contributed by atoms with Crippen molar-refractivity contribution in [2.24, 2.45) is 18.4 Å². The molecule has 66 heavy (non-hydrogen) atoms. The third kappa shape index (κ3) is 9.43. The molecule has 17 heteroatoms. The summed E-state index contributed by atoms with van der Waals surface area (Å²) in [6, 6.07) is 12.3. The van der Waals surface area contributed by atoms with E-state index < -0.39 is 64.3 Å². The Hall–Kier alpha value is -6.14. The van der Waals surface area contributed by atoms with Gasteiger partial charge in [-0.1, -0.05) is 46.4 Å². The number of β-amino-alcohol motifs (C(OH)–C–C–N with tert-alkyl or cyclic N) is 1. The second kappa shape index (κ2) is 18.6. The molecule has 7 rings (SSSR count). The fourth-order valence-corrected chi connectivity index (χ4v) is 9.68. The number of aliphatic hydroxyl groups is 2. The molecule has 2 aromatic heterocycles. The van der Waals surface area contributed by atoms with Crippen molar-refractivity contribution in [2.75, 3.05) is 40.4 Å². The minimum atomic E-state index is -2.29. The Morgan fingerprint density at radius 1 is 1.09 bits per heavy atom. The van der Waals surface area contributed by atoms with Gasteiger partial charge in [0.15, 0.2) is 5.60 Å². The van der Waals surface area contributed by atoms with E-state index in [0.29, 0.717) is 17.5 Å². The number of fused-ring (bicyclic) bond motifs is 6. The number of rotatable bonds is 9. The lowest BCUT2D eigenvalue weighted by molar-refractivity contribution is -0.189. The number of phenols is 1. The van der Waals surface area contributed by atoms with Crippen LogP contribution in [0.1, 0.15) is 63.8 Å². The first-order valence-corrected chi connectivity index (χ1v) is 22.3. The number of likely N-dealkylation sites (tertiary alicyclic amines) is 1. The van der Waals surface area contributed by atoms with Gasteiger partial charge in [-0.15, -0.1) is 0 Å². The van der Waals surface area contributed by atoms with E-state index in [-0.39, 0.29) is 64.3 Å². The summed E-state index contributed by atoms with van der Waals surface area (Å²) in [5, 5.41) is 39.4. The van der Waals surface area contributed by atoms with Crippen molar-refractivity contribution in [1.82, 2.24) is 35.1 Å². The van der Waals surface area contributed by atoms with Crippen molar-refractivity contribution in [3.63, 3.8) is 0 Å². The smallest absolute Gasteiger partial charge is 0.355 e. The lowest BCUT2D eigenvalue weighted by Gasteiger charge is -2.40. The Kier molecular flexibility index (Phi) is 13.5. The first-order valence-electron chi connectivity index (χ1n) is 22.3. The van der Waals surface area contributed by atoms with Crippen LogP contribution < -0.4 is 10.7 Å². The number of hydrogen-bond donors (Lipinski definition) is 5. The van der Waals surface area contributed by atoms with Gasteiger partial charge in [0.05, 0.1) is 31.1 Å². The summed E-state index contributed by atoms with van der Waals surface area (Å²) in [5.74, 6) is -4.19. The molecule has 0 spiro atoms. The van der Waals surface area contributed by atoms with E-state index in [1.165, 1.54) is 18.0 Å². The third-order valence-electron chi connectivity index (χ3n) is 13.0. The number of hydrazine groups is 1. The maximum atomic E-state index is 14.7. The molecule has 5 heterocycles. The molecule has 2 fully saturated rings. The van der Waals surface area contributed by atoms with Crippen molar-refractivity contribution in [2.45, 2.75) is 89.8 Å². The molecule has 6 bridgehead atoms. The second-order valence-corrected chi connectivity index (χ2v) is 19.0. The van der Waals surface area contributed by atoms with Crippen LogP contribution >= 0.6 is 0 Å². The highest BCUT2D eigenvalue weighted by Gasteiger charge is 2.49. The number of methoxy groups -OCH3 is 1. The molecule has 4 atom stereocenters. The third-order valence-corrected chi connectivity index (χ3v) is 13.0. The molecule has 352 valence electrons. The minimum Gasteiger partial charge on any atom is -0.508 e. The van der Waals surface area contributed by atoms with Gasteiger partial charge >= 0.3 is 5.97 Å². The van der Waals surface area contributed by atoms with Crippen LogP contribution in [0.3, 0.4) is 0 Å². The van der Waals surface area contributed by atoms with Gasteiger partial charge in [-0.05, 0) is 83.5 Å². The van der Waals surface area contributed by atoms with Gasteiger partial charge in [0.1, 0.15) is 17.8 Å². The molecule has 3 aliphatic rings. The molecule has 0 aliphatic carbocycles. The number of aryl methyl sites for hydroxylation is 1. The van der Waals surface area contributed by atoms with Gasteiger partial charge in [0, 0.05) is 81.6 Å². The topological polar surface area (TPSA) is 216 Å². The number of carbonyl (C=O) groups is 5. The fraction of sp³-hybridized carbons (Fsp3) is 0.469. The number of nitrogens with zero attached hydrogens (tertiary/aromatic N) is 5. The SMILES string of the molecule is C=CC(=O)N1CC[C@](O)(C(=O)N(C)[C@H](C(=O)N[C@H]2Cc3cc(O)cc(c3)-c3ccc4c(c3)c(c(-c3cccnc3COC)n4C)CC(C)(C)COC(=O)[C@@]3(O)CCCN(N3)C2=O)C(C)C)C1. The molecule has 0 radical (unpaired) electrons. The predicted molar refractivity (Wildman–Crippen MR) is 245 cm³/mol. The average molecular weight is 908 g/mol. The molecule has 0 saturated carbocycles. The van der Waals surface area contributed by atoms with E-state index in [1.807, 2.05) is 57.3 Å². The number of pyridine rings is 1. The zero-order chi connectivity index (χ0) is 47.9.